The number of hydrogen-bond donors (Lipinski definition) is 0. The van der Waals surface area contributed by atoms with Gasteiger partial charge in [-0.2, -0.15) is 0 Å². The average Bonchev–Trinajstić information content (AvgIpc) is 3.18. The molecule has 0 N–H and O–H groups in total. The molecule has 0 atom stereocenters. The highest BCUT2D eigenvalue weighted by Gasteiger charge is 2.33. The molecule has 3 aromatic rings. The predicted octanol–water partition coefficient (Wildman–Crippen LogP) is 7.45. The van der Waals surface area contributed by atoms with Crippen LogP contribution in [0, 0.1) is 0 Å². The third-order valence-electron chi connectivity index (χ3n) is 5.49. The molecule has 1 aliphatic heterocycles. The first kappa shape index (κ1) is 26.8. The number of carbonyl (C=O) groups excluding carboxylic acids is 1. The number of rotatable bonds is 10. The second-order valence-corrected chi connectivity index (χ2v) is 10.1. The summed E-state index contributed by atoms with van der Waals surface area (Å²) in [5, 5.41) is 0.662. The molecule has 8 heteroatoms. The monoisotopic (exact) mass is 580 g/mol. The van der Waals surface area contributed by atoms with E-state index in [1.54, 1.807) is 12.0 Å². The Kier molecular flexibility index (Phi) is 9.30. The van der Waals surface area contributed by atoms with Crippen molar-refractivity contribution in [3.63, 3.8) is 0 Å². The maximum atomic E-state index is 13.3. The quantitative estimate of drug-likeness (QED) is 0.233. The van der Waals surface area contributed by atoms with E-state index in [9.17, 15) is 4.79 Å². The molecule has 1 aliphatic rings. The molecule has 1 amide bonds. The van der Waals surface area contributed by atoms with Gasteiger partial charge in [-0.3, -0.25) is 9.69 Å². The second-order valence-electron chi connectivity index (χ2n) is 8.20. The minimum Gasteiger partial charge on any atom is -0.497 e. The summed E-state index contributed by atoms with van der Waals surface area (Å²) in [6.07, 6.45) is 2.70. The van der Waals surface area contributed by atoms with E-state index in [-0.39, 0.29) is 5.91 Å². The number of methoxy groups -OCH3 is 1. The SMILES string of the molecule is CCCN1C(=O)C(=Cc2cc(Br)c(OCc3ccccc3)c(OCC)c2)SC1=Nc1ccc(OC)cc1. The van der Waals surface area contributed by atoms with Gasteiger partial charge in [-0.1, -0.05) is 37.3 Å². The Labute approximate surface area is 230 Å². The third kappa shape index (κ3) is 6.76. The average molecular weight is 582 g/mol. The molecular weight excluding hydrogens is 552 g/mol. The number of aliphatic imine (C=N–C) groups is 1. The molecule has 3 aromatic carbocycles. The summed E-state index contributed by atoms with van der Waals surface area (Å²) in [4.78, 5) is 20.4. The number of amides is 1. The normalized spacial score (nSPS) is 15.5. The van der Waals surface area contributed by atoms with E-state index in [0.29, 0.717) is 41.3 Å². The predicted molar refractivity (Wildman–Crippen MR) is 154 cm³/mol. The number of carbonyl (C=O) groups is 1. The number of ether oxygens (including phenoxy) is 3. The van der Waals surface area contributed by atoms with Crippen molar-refractivity contribution in [2.24, 2.45) is 4.99 Å². The molecule has 0 aromatic heterocycles. The molecule has 0 saturated carbocycles. The summed E-state index contributed by atoms with van der Waals surface area (Å²) < 4.78 is 18.0. The van der Waals surface area contributed by atoms with Crippen molar-refractivity contribution < 1.29 is 19.0 Å². The molecule has 4 rings (SSSR count). The van der Waals surface area contributed by atoms with Gasteiger partial charge in [0.25, 0.3) is 5.91 Å². The number of hydrogen-bond acceptors (Lipinski definition) is 6. The van der Waals surface area contributed by atoms with Gasteiger partial charge in [0, 0.05) is 6.54 Å². The van der Waals surface area contributed by atoms with Gasteiger partial charge in [-0.05, 0) is 94.6 Å². The number of benzene rings is 3. The van der Waals surface area contributed by atoms with Crippen LogP contribution in [0.1, 0.15) is 31.4 Å². The van der Waals surface area contributed by atoms with Crippen LogP contribution in [0.5, 0.6) is 17.2 Å². The van der Waals surface area contributed by atoms with Gasteiger partial charge in [0.2, 0.25) is 0 Å². The molecule has 6 nitrogen and oxygen atoms in total. The molecule has 0 aliphatic carbocycles. The lowest BCUT2D eigenvalue weighted by atomic mass is 10.1. The van der Waals surface area contributed by atoms with Crippen molar-refractivity contribution in [1.29, 1.82) is 0 Å². The highest BCUT2D eigenvalue weighted by molar-refractivity contribution is 9.10. The summed E-state index contributed by atoms with van der Waals surface area (Å²) in [7, 11) is 1.63. The summed E-state index contributed by atoms with van der Waals surface area (Å²) in [6, 6.07) is 21.3. The van der Waals surface area contributed by atoms with E-state index in [1.807, 2.05) is 86.7 Å². The maximum Gasteiger partial charge on any atom is 0.266 e. The molecule has 0 radical (unpaired) electrons. The largest absolute Gasteiger partial charge is 0.497 e. The molecule has 1 fully saturated rings. The first-order valence-corrected chi connectivity index (χ1v) is 13.7. The van der Waals surface area contributed by atoms with Crippen LogP contribution in [0.2, 0.25) is 0 Å². The maximum absolute atomic E-state index is 13.3. The Hall–Kier alpha value is -3.23. The summed E-state index contributed by atoms with van der Waals surface area (Å²) in [5.41, 5.74) is 2.66. The van der Waals surface area contributed by atoms with Crippen molar-refractivity contribution >= 4 is 50.5 Å². The molecule has 37 heavy (non-hydrogen) atoms. The molecule has 0 bridgehead atoms. The highest BCUT2D eigenvalue weighted by Crippen LogP contribution is 2.40. The second kappa shape index (κ2) is 12.8. The van der Waals surface area contributed by atoms with E-state index in [2.05, 4.69) is 15.9 Å². The summed E-state index contributed by atoms with van der Waals surface area (Å²) in [6.45, 7) is 5.49. The van der Waals surface area contributed by atoms with Crippen LogP contribution >= 0.6 is 27.7 Å². The van der Waals surface area contributed by atoms with E-state index in [4.69, 9.17) is 19.2 Å². The van der Waals surface area contributed by atoms with Crippen LogP contribution in [0.25, 0.3) is 6.08 Å². The minimum atomic E-state index is -0.0578. The number of amidine groups is 1. The van der Waals surface area contributed by atoms with Gasteiger partial charge in [0.15, 0.2) is 16.7 Å². The van der Waals surface area contributed by atoms with Gasteiger partial charge < -0.3 is 14.2 Å². The van der Waals surface area contributed by atoms with Crippen LogP contribution in [0.15, 0.2) is 81.1 Å². The van der Waals surface area contributed by atoms with Crippen LogP contribution in [0.3, 0.4) is 0 Å². The lowest BCUT2D eigenvalue weighted by Gasteiger charge is -2.15. The van der Waals surface area contributed by atoms with Crippen LogP contribution in [-0.4, -0.2) is 36.2 Å². The smallest absolute Gasteiger partial charge is 0.266 e. The summed E-state index contributed by atoms with van der Waals surface area (Å²) >= 11 is 5.01. The number of thioether (sulfide) groups is 1. The molecule has 192 valence electrons. The number of halogens is 1. The molecule has 1 saturated heterocycles. The Balaban J connectivity index is 1.61. The molecule has 0 unspecified atom stereocenters. The summed E-state index contributed by atoms with van der Waals surface area (Å²) in [5.74, 6) is 1.95. The Morgan fingerprint density at radius 3 is 2.46 bits per heavy atom. The zero-order chi connectivity index (χ0) is 26.2. The highest BCUT2D eigenvalue weighted by atomic mass is 79.9. The van der Waals surface area contributed by atoms with Crippen molar-refractivity contribution in [2.75, 3.05) is 20.3 Å². The zero-order valence-corrected chi connectivity index (χ0v) is 23.5. The van der Waals surface area contributed by atoms with Crippen molar-refractivity contribution in [2.45, 2.75) is 26.9 Å². The third-order valence-corrected chi connectivity index (χ3v) is 7.08. The first-order chi connectivity index (χ1) is 18.0. The van der Waals surface area contributed by atoms with Crippen molar-refractivity contribution in [3.8, 4) is 17.2 Å². The van der Waals surface area contributed by atoms with Gasteiger partial charge >= 0.3 is 0 Å². The minimum absolute atomic E-state index is 0.0578. The molecule has 1 heterocycles. The molecule has 0 spiro atoms. The fourth-order valence-electron chi connectivity index (χ4n) is 3.73. The van der Waals surface area contributed by atoms with Gasteiger partial charge in [0.05, 0.1) is 28.8 Å². The van der Waals surface area contributed by atoms with Crippen molar-refractivity contribution in [3.05, 3.63) is 87.2 Å². The van der Waals surface area contributed by atoms with E-state index in [1.165, 1.54) is 11.8 Å². The standard InChI is InChI=1S/C29H29BrN2O4S/c1-4-15-32-28(33)26(37-29(32)31-22-11-13-23(34-3)14-12-22)18-21-16-24(30)27(25(17-21)35-5-2)36-19-20-9-7-6-8-10-20/h6-14,16-18H,4-5,15,19H2,1-3H3. The van der Waals surface area contributed by atoms with Crippen LogP contribution in [-0.2, 0) is 11.4 Å². The lowest BCUT2D eigenvalue weighted by molar-refractivity contribution is -0.122. The van der Waals surface area contributed by atoms with Gasteiger partial charge in [-0.15, -0.1) is 0 Å². The van der Waals surface area contributed by atoms with Crippen molar-refractivity contribution in [1.82, 2.24) is 4.90 Å². The Bertz CT molecular complexity index is 1290. The zero-order valence-electron chi connectivity index (χ0n) is 21.1. The Morgan fingerprint density at radius 1 is 1.03 bits per heavy atom. The van der Waals surface area contributed by atoms with Crippen LogP contribution < -0.4 is 14.2 Å². The first-order valence-electron chi connectivity index (χ1n) is 12.1. The van der Waals surface area contributed by atoms with E-state index in [0.717, 1.165) is 33.5 Å². The van der Waals surface area contributed by atoms with E-state index < -0.39 is 0 Å². The van der Waals surface area contributed by atoms with E-state index >= 15 is 0 Å². The lowest BCUT2D eigenvalue weighted by Crippen LogP contribution is -2.29. The topological polar surface area (TPSA) is 60.4 Å². The fourth-order valence-corrected chi connectivity index (χ4v) is 5.33. The van der Waals surface area contributed by atoms with Crippen LogP contribution in [0.4, 0.5) is 5.69 Å². The number of nitrogens with zero attached hydrogens (tertiary/aromatic N) is 2. The van der Waals surface area contributed by atoms with Gasteiger partial charge in [-0.25, -0.2) is 4.99 Å². The van der Waals surface area contributed by atoms with Gasteiger partial charge in [0.1, 0.15) is 12.4 Å². The Morgan fingerprint density at radius 2 is 1.78 bits per heavy atom. The molecular formula is C29H29BrN2O4S. The fraction of sp³-hybridized carbons (Fsp3) is 0.241.